The molecule has 0 aliphatic rings. The maximum atomic E-state index is 10.3. The van der Waals surface area contributed by atoms with Crippen LogP contribution in [0.3, 0.4) is 0 Å². The average Bonchev–Trinajstić information content (AvgIpc) is 2.05. The topological polar surface area (TPSA) is 81.1 Å². The van der Waals surface area contributed by atoms with Crippen LogP contribution in [0.5, 0.6) is 0 Å². The van der Waals surface area contributed by atoms with Crippen LogP contribution in [0.4, 0.5) is 11.4 Å². The van der Waals surface area contributed by atoms with Gasteiger partial charge in [0.2, 0.25) is 0 Å². The maximum Gasteiger partial charge on any atom is 0.271 e. The van der Waals surface area contributed by atoms with Crippen molar-refractivity contribution in [1.82, 2.24) is 0 Å². The number of hydrogen-bond acceptors (Lipinski definition) is 3. The Hall–Kier alpha value is -1.49. The number of benzene rings is 1. The van der Waals surface area contributed by atoms with Crippen molar-refractivity contribution in [3.63, 3.8) is 0 Å². The number of nitrogens with zero attached hydrogens (tertiary/aromatic N) is 2. The van der Waals surface area contributed by atoms with Crippen molar-refractivity contribution in [3.05, 3.63) is 33.3 Å². The molecule has 1 aromatic carbocycles. The van der Waals surface area contributed by atoms with E-state index in [0.29, 0.717) is 5.02 Å². The predicted molar refractivity (Wildman–Crippen MR) is 42.1 cm³/mol. The van der Waals surface area contributed by atoms with E-state index in [4.69, 9.17) is 17.1 Å². The Morgan fingerprint density at radius 2 is 2.25 bits per heavy atom. The Balaban J connectivity index is 3.22. The fraction of sp³-hybridized carbons (Fsp3) is 0. The lowest BCUT2D eigenvalue weighted by Crippen LogP contribution is -2.22. The summed E-state index contributed by atoms with van der Waals surface area (Å²) in [6.07, 6.45) is 0. The van der Waals surface area contributed by atoms with Gasteiger partial charge in [-0.1, -0.05) is 11.6 Å². The van der Waals surface area contributed by atoms with Crippen LogP contribution in [-0.2, 0) is 0 Å². The number of nitro groups is 1. The summed E-state index contributed by atoms with van der Waals surface area (Å²) in [7, 11) is 0. The van der Waals surface area contributed by atoms with Crippen LogP contribution in [0, 0.1) is 10.1 Å². The number of nitrogens with two attached hydrogens (primary N) is 1. The molecule has 0 unspecified atom stereocenters. The van der Waals surface area contributed by atoms with E-state index < -0.39 is 4.92 Å². The molecule has 0 aromatic heterocycles. The average molecular weight is 187 g/mol. The number of nitro benzene ring substituents is 1. The molecule has 12 heavy (non-hydrogen) atoms. The second-order valence-electron chi connectivity index (χ2n) is 2.02. The molecule has 0 amide bonds. The Kier molecular flexibility index (Phi) is 2.35. The zero-order valence-corrected chi connectivity index (χ0v) is 6.65. The molecule has 0 radical (unpaired) electrons. The van der Waals surface area contributed by atoms with E-state index in [9.17, 15) is 10.1 Å². The van der Waals surface area contributed by atoms with E-state index in [2.05, 4.69) is 5.11 Å². The number of halogens is 1. The quantitative estimate of drug-likeness (QED) is 0.426. The molecule has 2 N–H and O–H groups in total. The van der Waals surface area contributed by atoms with Crippen molar-refractivity contribution in [3.8, 4) is 0 Å². The van der Waals surface area contributed by atoms with Gasteiger partial charge >= 0.3 is 0 Å². The van der Waals surface area contributed by atoms with Crippen LogP contribution >= 0.6 is 11.6 Å². The van der Waals surface area contributed by atoms with Crippen LogP contribution in [0.15, 0.2) is 23.3 Å². The Morgan fingerprint density at radius 3 is 2.75 bits per heavy atom. The van der Waals surface area contributed by atoms with Crippen molar-refractivity contribution >= 4 is 23.0 Å². The standard InChI is InChI=1S/C6H4ClN3O2/c7-5-2-1-4(10(11)12)3-6(5)9-8/h1-3,8H/p+1. The summed E-state index contributed by atoms with van der Waals surface area (Å²) in [5.74, 6) is 0. The third kappa shape index (κ3) is 1.57. The number of rotatable bonds is 2. The van der Waals surface area contributed by atoms with Gasteiger partial charge in [-0.25, -0.2) is 0 Å². The van der Waals surface area contributed by atoms with Crippen LogP contribution in [-0.4, -0.2) is 4.92 Å². The van der Waals surface area contributed by atoms with Crippen LogP contribution in [0.25, 0.3) is 0 Å². The molecule has 62 valence electrons. The van der Waals surface area contributed by atoms with E-state index in [1.165, 1.54) is 18.2 Å². The lowest BCUT2D eigenvalue weighted by Gasteiger charge is -1.92. The van der Waals surface area contributed by atoms with Gasteiger partial charge in [-0.15, -0.1) is 0 Å². The molecule has 0 atom stereocenters. The van der Waals surface area contributed by atoms with Gasteiger partial charge < -0.3 is 0 Å². The molecule has 0 saturated heterocycles. The first-order chi connectivity index (χ1) is 5.65. The first kappa shape index (κ1) is 8.61. The monoisotopic (exact) mass is 186 g/mol. The lowest BCUT2D eigenvalue weighted by atomic mass is 10.3. The highest BCUT2D eigenvalue weighted by molar-refractivity contribution is 6.33. The van der Waals surface area contributed by atoms with Crippen molar-refractivity contribution in [2.24, 2.45) is 5.11 Å². The summed E-state index contributed by atoms with van der Waals surface area (Å²) in [6, 6.07) is 3.88. The second kappa shape index (κ2) is 3.27. The van der Waals surface area contributed by atoms with E-state index in [1.54, 1.807) is 0 Å². The van der Waals surface area contributed by atoms with Crippen molar-refractivity contribution in [2.45, 2.75) is 0 Å². The van der Waals surface area contributed by atoms with Crippen LogP contribution in [0.2, 0.25) is 5.02 Å². The molecule has 0 aliphatic heterocycles. The summed E-state index contributed by atoms with van der Waals surface area (Å²) in [4.78, 5) is 9.72. The SMILES string of the molecule is [NH2+]=Nc1cc([N+](=O)[O-])ccc1Cl. The van der Waals surface area contributed by atoms with Gasteiger partial charge in [0, 0.05) is 12.1 Å². The highest BCUT2D eigenvalue weighted by Gasteiger charge is 2.09. The largest absolute Gasteiger partial charge is 0.271 e. The van der Waals surface area contributed by atoms with Gasteiger partial charge in [0.05, 0.1) is 9.95 Å². The summed E-state index contributed by atoms with van der Waals surface area (Å²) in [6.45, 7) is 0. The summed E-state index contributed by atoms with van der Waals surface area (Å²) < 4.78 is 0. The predicted octanol–water partition coefficient (Wildman–Crippen LogP) is 1.09. The minimum absolute atomic E-state index is 0.0800. The van der Waals surface area contributed by atoms with Gasteiger partial charge in [0.1, 0.15) is 0 Å². The van der Waals surface area contributed by atoms with Crippen molar-refractivity contribution < 1.29 is 10.5 Å². The van der Waals surface area contributed by atoms with Gasteiger partial charge in [0.25, 0.3) is 5.69 Å². The minimum Gasteiger partial charge on any atom is -0.258 e. The Morgan fingerprint density at radius 1 is 1.58 bits per heavy atom. The molecule has 0 heterocycles. The molecule has 0 bridgehead atoms. The number of non-ortho nitro benzene ring substituents is 1. The van der Waals surface area contributed by atoms with E-state index >= 15 is 0 Å². The Bertz CT molecular complexity index is 340. The van der Waals surface area contributed by atoms with E-state index in [1.807, 2.05) is 0 Å². The zero-order valence-electron chi connectivity index (χ0n) is 5.90. The van der Waals surface area contributed by atoms with Crippen LogP contribution in [0.1, 0.15) is 0 Å². The van der Waals surface area contributed by atoms with Gasteiger partial charge in [0.15, 0.2) is 5.69 Å². The highest BCUT2D eigenvalue weighted by atomic mass is 35.5. The second-order valence-corrected chi connectivity index (χ2v) is 2.43. The molecular weight excluding hydrogens is 182 g/mol. The highest BCUT2D eigenvalue weighted by Crippen LogP contribution is 2.27. The summed E-state index contributed by atoms with van der Waals surface area (Å²) in [5.41, 5.74) is 5.07. The summed E-state index contributed by atoms with van der Waals surface area (Å²) >= 11 is 5.60. The molecule has 0 saturated carbocycles. The smallest absolute Gasteiger partial charge is 0.258 e. The number of hydrogen-bond donors (Lipinski definition) is 1. The van der Waals surface area contributed by atoms with E-state index in [-0.39, 0.29) is 11.4 Å². The van der Waals surface area contributed by atoms with Gasteiger partial charge in [-0.2, -0.15) is 5.53 Å². The van der Waals surface area contributed by atoms with Crippen molar-refractivity contribution in [2.75, 3.05) is 0 Å². The molecular formula is C6H5ClN3O2+. The lowest BCUT2D eigenvalue weighted by molar-refractivity contribution is -0.384. The van der Waals surface area contributed by atoms with Crippen LogP contribution < -0.4 is 5.53 Å². The molecule has 0 spiro atoms. The minimum atomic E-state index is -0.537. The van der Waals surface area contributed by atoms with Gasteiger partial charge in [-0.3, -0.25) is 10.1 Å². The molecule has 6 heteroatoms. The van der Waals surface area contributed by atoms with E-state index in [0.717, 1.165) is 0 Å². The Labute approximate surface area is 72.6 Å². The molecule has 5 nitrogen and oxygen atoms in total. The fourth-order valence-corrected chi connectivity index (χ4v) is 0.880. The normalized spacial score (nSPS) is 9.42. The third-order valence-electron chi connectivity index (χ3n) is 1.28. The molecule has 1 rings (SSSR count). The molecule has 1 aromatic rings. The first-order valence-electron chi connectivity index (χ1n) is 3.00. The van der Waals surface area contributed by atoms with Crippen molar-refractivity contribution in [1.29, 1.82) is 0 Å². The van der Waals surface area contributed by atoms with Gasteiger partial charge in [-0.05, 0) is 11.2 Å². The maximum absolute atomic E-state index is 10.3. The summed E-state index contributed by atoms with van der Waals surface area (Å²) in [5, 5.41) is 13.8. The third-order valence-corrected chi connectivity index (χ3v) is 1.60. The molecule has 0 aliphatic carbocycles. The zero-order chi connectivity index (χ0) is 9.14. The molecule has 0 fully saturated rings. The fourth-order valence-electron chi connectivity index (χ4n) is 0.714. The first-order valence-corrected chi connectivity index (χ1v) is 3.38.